The molecule has 73 heavy (non-hydrogen) atoms. The molecule has 0 bridgehead atoms. The molecule has 0 fully saturated rings. The second-order valence-corrected chi connectivity index (χ2v) is 21.6. The molecule has 8 aromatic rings. The molecule has 6 aromatic carbocycles. The average Bonchev–Trinajstić information content (AvgIpc) is 4.17. The lowest BCUT2D eigenvalue weighted by Crippen LogP contribution is -2.35. The third-order valence-electron chi connectivity index (χ3n) is 12.5. The standard InChI is InChI=1S/C27H26N2O7S.C26H23BrN2O6S/c1-16-4-9-25(24(10-16)34-3)37(32,33)28-27(31)26(18-6-8-22-23(12-18)36-15-35-22)20-13-29(2)21-7-5-17(14-30)11-19(20)21;1-15-4-9-24(23(10-15)33-3)36(31,32)28-26(30)25(16-5-8-21-22(11-16)35-14-34-21)19-13-29(2)20-7-6-17(27)12-18(19)20/h4-13,26,30H,14-15H2,1-3H3,(H,28,31);4-13,25H,14H2,1-3H3,(H,28,30). The van der Waals surface area contributed by atoms with Gasteiger partial charge >= 0.3 is 0 Å². The van der Waals surface area contributed by atoms with E-state index in [-0.39, 0.29) is 41.5 Å². The highest BCUT2D eigenvalue weighted by atomic mass is 79.9. The van der Waals surface area contributed by atoms with Crippen molar-refractivity contribution < 1.29 is 60.0 Å². The van der Waals surface area contributed by atoms with E-state index in [9.17, 15) is 31.5 Å². The Kier molecular flexibility index (Phi) is 13.9. The van der Waals surface area contributed by atoms with Gasteiger partial charge in [0.2, 0.25) is 25.4 Å². The van der Waals surface area contributed by atoms with Crippen LogP contribution in [-0.4, -0.2) is 70.7 Å². The van der Waals surface area contributed by atoms with Crippen LogP contribution in [0.5, 0.6) is 34.5 Å². The summed E-state index contributed by atoms with van der Waals surface area (Å²) in [5, 5.41) is 11.2. The molecule has 17 nitrogen and oxygen atoms in total. The van der Waals surface area contributed by atoms with Crippen molar-refractivity contribution in [2.45, 2.75) is 42.1 Å². The fourth-order valence-electron chi connectivity index (χ4n) is 9.04. The van der Waals surface area contributed by atoms with Crippen molar-refractivity contribution in [3.63, 3.8) is 0 Å². The third kappa shape index (κ3) is 10.0. The van der Waals surface area contributed by atoms with Gasteiger partial charge in [0.25, 0.3) is 20.0 Å². The van der Waals surface area contributed by atoms with Crippen LogP contribution in [0, 0.1) is 13.8 Å². The number of nitrogens with zero attached hydrogens (tertiary/aromatic N) is 2. The summed E-state index contributed by atoms with van der Waals surface area (Å²) in [4.78, 5) is 27.4. The van der Waals surface area contributed by atoms with Crippen molar-refractivity contribution in [1.82, 2.24) is 18.6 Å². The summed E-state index contributed by atoms with van der Waals surface area (Å²) in [6.07, 6.45) is 3.63. The summed E-state index contributed by atoms with van der Waals surface area (Å²) in [6.45, 7) is 3.61. The lowest BCUT2D eigenvalue weighted by Gasteiger charge is -2.19. The highest BCUT2D eigenvalue weighted by molar-refractivity contribution is 9.10. The predicted octanol–water partition coefficient (Wildman–Crippen LogP) is 7.98. The van der Waals surface area contributed by atoms with Crippen molar-refractivity contribution in [3.8, 4) is 34.5 Å². The number of amides is 2. The maximum atomic E-state index is 13.8. The Morgan fingerprint density at radius 1 is 0.603 bits per heavy atom. The number of carbonyl (C=O) groups excluding carboxylic acids is 2. The molecule has 378 valence electrons. The van der Waals surface area contributed by atoms with Gasteiger partial charge in [-0.15, -0.1) is 0 Å². The number of benzene rings is 6. The Morgan fingerprint density at radius 2 is 1.04 bits per heavy atom. The minimum Gasteiger partial charge on any atom is -0.495 e. The summed E-state index contributed by atoms with van der Waals surface area (Å²) in [6, 6.07) is 30.8. The number of halogens is 1. The molecule has 2 aromatic heterocycles. The smallest absolute Gasteiger partial charge is 0.267 e. The Hall–Kier alpha value is -7.52. The molecule has 0 saturated carbocycles. The first-order valence-electron chi connectivity index (χ1n) is 22.5. The van der Waals surface area contributed by atoms with Gasteiger partial charge in [-0.1, -0.05) is 46.3 Å². The van der Waals surface area contributed by atoms with Gasteiger partial charge in [0.05, 0.1) is 32.7 Å². The summed E-state index contributed by atoms with van der Waals surface area (Å²) in [7, 11) is -2.04. The van der Waals surface area contributed by atoms with E-state index in [4.69, 9.17) is 28.4 Å². The number of aliphatic hydroxyl groups excluding tert-OH is 1. The van der Waals surface area contributed by atoms with Crippen LogP contribution in [0.15, 0.2) is 136 Å². The minimum absolute atomic E-state index is 0.0609. The largest absolute Gasteiger partial charge is 0.495 e. The van der Waals surface area contributed by atoms with E-state index in [2.05, 4.69) is 25.4 Å². The molecule has 4 heterocycles. The number of ether oxygens (including phenoxy) is 6. The van der Waals surface area contributed by atoms with Gasteiger partial charge < -0.3 is 42.7 Å². The Bertz CT molecular complexity index is 3720. The number of aryl methyl sites for hydroxylation is 4. The van der Waals surface area contributed by atoms with Crippen molar-refractivity contribution in [2.24, 2.45) is 14.1 Å². The van der Waals surface area contributed by atoms with Crippen molar-refractivity contribution in [2.75, 3.05) is 27.8 Å². The molecule has 2 aliphatic rings. The zero-order valence-corrected chi connectivity index (χ0v) is 43.5. The van der Waals surface area contributed by atoms with Crippen LogP contribution in [0.3, 0.4) is 0 Å². The number of aliphatic hydroxyl groups is 1. The lowest BCUT2D eigenvalue weighted by molar-refractivity contribution is -0.120. The quantitative estimate of drug-likeness (QED) is 0.100. The van der Waals surface area contributed by atoms with Gasteiger partial charge in [-0.2, -0.15) is 0 Å². The maximum absolute atomic E-state index is 13.8. The fourth-order valence-corrected chi connectivity index (χ4v) is 11.7. The minimum atomic E-state index is -4.28. The molecule has 2 aliphatic heterocycles. The number of hydrogen-bond acceptors (Lipinski definition) is 13. The first-order valence-corrected chi connectivity index (χ1v) is 26.3. The molecule has 0 radical (unpaired) electrons. The zero-order valence-electron chi connectivity index (χ0n) is 40.3. The predicted molar refractivity (Wildman–Crippen MR) is 274 cm³/mol. The van der Waals surface area contributed by atoms with Gasteiger partial charge in [0, 0.05) is 52.8 Å². The Morgan fingerprint density at radius 3 is 1.49 bits per heavy atom. The third-order valence-corrected chi connectivity index (χ3v) is 15.8. The van der Waals surface area contributed by atoms with Gasteiger partial charge in [-0.05, 0) is 132 Å². The van der Waals surface area contributed by atoms with Crippen molar-refractivity contribution in [1.29, 1.82) is 0 Å². The zero-order chi connectivity index (χ0) is 51.9. The van der Waals surface area contributed by atoms with E-state index in [0.717, 1.165) is 37.4 Å². The number of rotatable bonds is 13. The van der Waals surface area contributed by atoms with E-state index < -0.39 is 43.7 Å². The summed E-state index contributed by atoms with van der Waals surface area (Å²) < 4.78 is 95.0. The summed E-state index contributed by atoms with van der Waals surface area (Å²) in [5.74, 6) is -1.06. The second kappa shape index (κ2) is 20.2. The van der Waals surface area contributed by atoms with Crippen LogP contribution >= 0.6 is 15.9 Å². The monoisotopic (exact) mass is 1090 g/mol. The molecule has 0 spiro atoms. The van der Waals surface area contributed by atoms with Crippen LogP contribution in [0.1, 0.15) is 50.8 Å². The summed E-state index contributed by atoms with van der Waals surface area (Å²) >= 11 is 3.50. The molecule has 2 atom stereocenters. The number of sulfonamides is 2. The maximum Gasteiger partial charge on any atom is 0.267 e. The molecule has 3 N–H and O–H groups in total. The first kappa shape index (κ1) is 50.4. The molecule has 0 saturated heterocycles. The first-order chi connectivity index (χ1) is 34.9. The Labute approximate surface area is 429 Å². The van der Waals surface area contributed by atoms with Gasteiger partial charge in [0.1, 0.15) is 21.3 Å². The molecule has 0 aliphatic carbocycles. The topological polar surface area (TPSA) is 212 Å². The van der Waals surface area contributed by atoms with Crippen LogP contribution in [0.2, 0.25) is 0 Å². The van der Waals surface area contributed by atoms with Crippen molar-refractivity contribution in [3.05, 3.63) is 165 Å². The summed E-state index contributed by atoms with van der Waals surface area (Å²) in [5.41, 5.74) is 6.36. The molecule has 20 heteroatoms. The number of hydrogen-bond donors (Lipinski definition) is 3. The molecule has 10 rings (SSSR count). The molecular formula is C53H49BrN4O13S2. The highest BCUT2D eigenvalue weighted by Gasteiger charge is 2.34. The van der Waals surface area contributed by atoms with E-state index in [1.807, 2.05) is 67.5 Å². The molecule has 2 amide bonds. The molecular weight excluding hydrogens is 1040 g/mol. The second-order valence-electron chi connectivity index (χ2n) is 17.4. The number of carbonyl (C=O) groups is 2. The number of fused-ring (bicyclic) bond motifs is 4. The van der Waals surface area contributed by atoms with Crippen LogP contribution < -0.4 is 37.9 Å². The van der Waals surface area contributed by atoms with Gasteiger partial charge in [-0.3, -0.25) is 9.59 Å². The van der Waals surface area contributed by atoms with Crippen molar-refractivity contribution >= 4 is 69.6 Å². The number of nitrogens with one attached hydrogen (secondary N) is 2. The van der Waals surface area contributed by atoms with Gasteiger partial charge in [0.15, 0.2) is 23.0 Å². The van der Waals surface area contributed by atoms with Crippen LogP contribution in [-0.2, 0) is 50.3 Å². The van der Waals surface area contributed by atoms with Gasteiger partial charge in [-0.25, -0.2) is 26.3 Å². The average molecular weight is 1090 g/mol. The highest BCUT2D eigenvalue weighted by Crippen LogP contribution is 2.42. The van der Waals surface area contributed by atoms with E-state index >= 15 is 0 Å². The van der Waals surface area contributed by atoms with Crippen LogP contribution in [0.25, 0.3) is 21.8 Å². The van der Waals surface area contributed by atoms with E-state index in [1.54, 1.807) is 79.0 Å². The number of methoxy groups -OCH3 is 2. The normalized spacial score (nSPS) is 13.5. The SMILES string of the molecule is COc1cc(C)ccc1S(=O)(=O)NC(=O)C(c1ccc2c(c1)OCO2)c1cn(C)c2ccc(Br)cc12.COc1cc(C)ccc1S(=O)(=O)NC(=O)C(c1ccc2c(c1)OCO2)c1cn(C)c2ccc(CO)cc12. The lowest BCUT2D eigenvalue weighted by atomic mass is 9.90. The van der Waals surface area contributed by atoms with E-state index in [1.165, 1.54) is 26.4 Å². The fraction of sp³-hybridized carbons (Fsp3) is 0.208. The van der Waals surface area contributed by atoms with E-state index in [0.29, 0.717) is 50.8 Å². The van der Waals surface area contributed by atoms with Crippen LogP contribution in [0.4, 0.5) is 0 Å². The Balaban J connectivity index is 0.000000180. The molecule has 2 unspecified atom stereocenters. The number of aromatic nitrogens is 2.